The van der Waals surface area contributed by atoms with Crippen molar-refractivity contribution < 1.29 is 9.59 Å². The first-order valence-electron chi connectivity index (χ1n) is 8.41. The molecular formula is C20H20N2O2. The lowest BCUT2D eigenvalue weighted by atomic mass is 9.94. The van der Waals surface area contributed by atoms with Crippen LogP contribution in [0.5, 0.6) is 0 Å². The van der Waals surface area contributed by atoms with Crippen molar-refractivity contribution in [3.05, 3.63) is 65.5 Å². The molecule has 1 fully saturated rings. The molecule has 4 rings (SSSR count). The van der Waals surface area contributed by atoms with Crippen molar-refractivity contribution in [1.82, 2.24) is 9.88 Å². The molecule has 2 aliphatic heterocycles. The molecule has 2 atom stereocenters. The predicted molar refractivity (Wildman–Crippen MR) is 92.8 cm³/mol. The van der Waals surface area contributed by atoms with E-state index in [9.17, 15) is 9.59 Å². The van der Waals surface area contributed by atoms with Crippen LogP contribution < -0.4 is 0 Å². The highest BCUT2D eigenvalue weighted by atomic mass is 16.2. The van der Waals surface area contributed by atoms with Crippen LogP contribution in [0.25, 0.3) is 5.57 Å². The normalized spacial score (nSPS) is 22.4. The van der Waals surface area contributed by atoms with E-state index in [1.54, 1.807) is 12.3 Å². The lowest BCUT2D eigenvalue weighted by molar-refractivity contribution is 0.0687. The Morgan fingerprint density at radius 1 is 1.17 bits per heavy atom. The smallest absolute Gasteiger partial charge is 0.271 e. The molecule has 0 saturated carbocycles. The quantitative estimate of drug-likeness (QED) is 0.877. The number of aromatic amines is 1. The number of carbonyl (C=O) groups is 2. The Morgan fingerprint density at radius 2 is 1.96 bits per heavy atom. The Bertz CT molecular complexity index is 819. The monoisotopic (exact) mass is 320 g/mol. The average molecular weight is 320 g/mol. The van der Waals surface area contributed by atoms with Crippen LogP contribution in [-0.4, -0.2) is 33.7 Å². The van der Waals surface area contributed by atoms with Crippen molar-refractivity contribution in [1.29, 1.82) is 0 Å². The van der Waals surface area contributed by atoms with Crippen LogP contribution in [0.3, 0.4) is 0 Å². The van der Waals surface area contributed by atoms with Crippen molar-refractivity contribution in [2.45, 2.75) is 38.3 Å². The molecule has 1 N–H and O–H groups in total. The molecule has 4 heteroatoms. The van der Waals surface area contributed by atoms with Gasteiger partial charge >= 0.3 is 0 Å². The van der Waals surface area contributed by atoms with Gasteiger partial charge in [-0.3, -0.25) is 9.59 Å². The maximum absolute atomic E-state index is 12.9. The zero-order valence-corrected chi connectivity index (χ0v) is 13.7. The number of benzene rings is 1. The molecule has 2 unspecified atom stereocenters. The van der Waals surface area contributed by atoms with Gasteiger partial charge in [0.05, 0.1) is 6.04 Å². The minimum atomic E-state index is -0.0295. The van der Waals surface area contributed by atoms with Gasteiger partial charge in [0, 0.05) is 17.8 Å². The van der Waals surface area contributed by atoms with Crippen LogP contribution in [0.4, 0.5) is 0 Å². The maximum atomic E-state index is 12.9. The first-order valence-corrected chi connectivity index (χ1v) is 8.41. The molecule has 4 nitrogen and oxygen atoms in total. The number of nitrogens with zero attached hydrogens (tertiary/aromatic N) is 1. The largest absolute Gasteiger partial charge is 0.356 e. The number of carbonyl (C=O) groups excluding carboxylic acids is 2. The summed E-state index contributed by atoms with van der Waals surface area (Å²) in [5, 5.41) is 0. The summed E-state index contributed by atoms with van der Waals surface area (Å²) in [6, 6.07) is 12.5. The van der Waals surface area contributed by atoms with Gasteiger partial charge in [-0.1, -0.05) is 36.4 Å². The van der Waals surface area contributed by atoms with Crippen LogP contribution >= 0.6 is 0 Å². The van der Waals surface area contributed by atoms with E-state index in [2.05, 4.69) is 35.3 Å². The van der Waals surface area contributed by atoms with Gasteiger partial charge in [-0.25, -0.2) is 0 Å². The highest BCUT2D eigenvalue weighted by molar-refractivity contribution is 5.99. The van der Waals surface area contributed by atoms with Crippen molar-refractivity contribution in [2.24, 2.45) is 0 Å². The third-order valence-corrected chi connectivity index (χ3v) is 5.09. The number of ketones is 1. The van der Waals surface area contributed by atoms with Crippen LogP contribution in [0.2, 0.25) is 0 Å². The summed E-state index contributed by atoms with van der Waals surface area (Å²) in [4.78, 5) is 29.3. The average Bonchev–Trinajstić information content (AvgIpc) is 3.18. The molecule has 0 aliphatic carbocycles. The van der Waals surface area contributed by atoms with E-state index in [-0.39, 0.29) is 23.8 Å². The van der Waals surface area contributed by atoms with Gasteiger partial charge in [0.25, 0.3) is 5.91 Å². The fraction of sp³-hybridized carbons (Fsp3) is 0.300. The number of hydrogen-bond donors (Lipinski definition) is 1. The zero-order chi connectivity index (χ0) is 16.7. The van der Waals surface area contributed by atoms with E-state index in [4.69, 9.17) is 0 Å². The molecule has 1 aromatic carbocycles. The number of rotatable bonds is 3. The van der Waals surface area contributed by atoms with Gasteiger partial charge in [-0.2, -0.15) is 0 Å². The van der Waals surface area contributed by atoms with E-state index in [1.807, 2.05) is 11.0 Å². The van der Waals surface area contributed by atoms with Crippen molar-refractivity contribution in [3.8, 4) is 0 Å². The number of Topliss-reactive ketones (excluding diaryl/α,β-unsaturated/α-hetero) is 1. The highest BCUT2D eigenvalue weighted by Crippen LogP contribution is 2.39. The Kier molecular flexibility index (Phi) is 3.60. The van der Waals surface area contributed by atoms with Gasteiger partial charge in [0.2, 0.25) is 0 Å². The van der Waals surface area contributed by atoms with Gasteiger partial charge in [-0.15, -0.1) is 0 Å². The molecule has 3 heterocycles. The van der Waals surface area contributed by atoms with E-state index >= 15 is 0 Å². The molecule has 1 aromatic heterocycles. The third-order valence-electron chi connectivity index (χ3n) is 5.09. The van der Waals surface area contributed by atoms with Crippen LogP contribution in [-0.2, 0) is 0 Å². The Labute approximate surface area is 141 Å². The topological polar surface area (TPSA) is 53.2 Å². The second-order valence-corrected chi connectivity index (χ2v) is 6.63. The number of amides is 1. The molecule has 2 aromatic rings. The Hall–Kier alpha value is -2.62. The molecule has 0 radical (unpaired) electrons. The summed E-state index contributed by atoms with van der Waals surface area (Å²) in [6.07, 6.45) is 6.79. The van der Waals surface area contributed by atoms with Gasteiger partial charge in [-0.05, 0) is 43.4 Å². The van der Waals surface area contributed by atoms with Crippen molar-refractivity contribution in [2.75, 3.05) is 0 Å². The van der Waals surface area contributed by atoms with Crippen LogP contribution in [0.15, 0.2) is 48.7 Å². The minimum Gasteiger partial charge on any atom is -0.356 e. The van der Waals surface area contributed by atoms with E-state index in [0.717, 1.165) is 19.3 Å². The molecular weight excluding hydrogens is 300 g/mol. The standard InChI is InChI=1S/C20H20N2O2/c1-13(23)16-11-19(21-12-16)20(24)22-17-7-8-18(22)10-15(9-17)14-5-3-2-4-6-14/h2-6,9,11-12,17-18,21H,7-8,10H2,1H3. The lowest BCUT2D eigenvalue weighted by Crippen LogP contribution is -2.43. The molecule has 2 bridgehead atoms. The summed E-state index contributed by atoms with van der Waals surface area (Å²) in [6.45, 7) is 1.51. The van der Waals surface area contributed by atoms with Gasteiger partial charge in [0.1, 0.15) is 5.69 Å². The molecule has 0 spiro atoms. The van der Waals surface area contributed by atoms with Crippen LogP contribution in [0.1, 0.15) is 52.6 Å². The number of fused-ring (bicyclic) bond motifs is 2. The fourth-order valence-electron chi connectivity index (χ4n) is 3.87. The molecule has 2 aliphatic rings. The molecule has 1 saturated heterocycles. The number of H-pyrrole nitrogens is 1. The first-order chi connectivity index (χ1) is 11.6. The molecule has 1 amide bonds. The first kappa shape index (κ1) is 14.9. The molecule has 122 valence electrons. The second-order valence-electron chi connectivity index (χ2n) is 6.63. The summed E-state index contributed by atoms with van der Waals surface area (Å²) in [5.74, 6) is -0.0310. The zero-order valence-electron chi connectivity index (χ0n) is 13.7. The Balaban J connectivity index is 1.60. The van der Waals surface area contributed by atoms with E-state index in [0.29, 0.717) is 11.3 Å². The van der Waals surface area contributed by atoms with Crippen molar-refractivity contribution >= 4 is 17.3 Å². The second kappa shape index (κ2) is 5.78. The summed E-state index contributed by atoms with van der Waals surface area (Å²) in [7, 11) is 0. The third kappa shape index (κ3) is 2.48. The van der Waals surface area contributed by atoms with E-state index < -0.39 is 0 Å². The van der Waals surface area contributed by atoms with Crippen LogP contribution in [0, 0.1) is 0 Å². The maximum Gasteiger partial charge on any atom is 0.271 e. The van der Waals surface area contributed by atoms with Crippen molar-refractivity contribution in [3.63, 3.8) is 0 Å². The SMILES string of the molecule is CC(=O)c1c[nH]c(C(=O)N2C3C=C(c4ccccc4)CC2CC3)c1. The fourth-order valence-corrected chi connectivity index (χ4v) is 3.87. The number of aromatic nitrogens is 1. The van der Waals surface area contributed by atoms with Gasteiger partial charge in [0.15, 0.2) is 5.78 Å². The highest BCUT2D eigenvalue weighted by Gasteiger charge is 2.40. The molecule has 24 heavy (non-hydrogen) atoms. The van der Waals surface area contributed by atoms with Gasteiger partial charge < -0.3 is 9.88 Å². The summed E-state index contributed by atoms with van der Waals surface area (Å²) < 4.78 is 0. The van der Waals surface area contributed by atoms with E-state index in [1.165, 1.54) is 18.1 Å². The summed E-state index contributed by atoms with van der Waals surface area (Å²) >= 11 is 0. The number of hydrogen-bond acceptors (Lipinski definition) is 2. The summed E-state index contributed by atoms with van der Waals surface area (Å²) in [5.41, 5.74) is 3.65. The number of nitrogens with one attached hydrogen (secondary N) is 1. The minimum absolute atomic E-state index is 0.00152. The lowest BCUT2D eigenvalue weighted by Gasteiger charge is -2.34. The predicted octanol–water partition coefficient (Wildman–Crippen LogP) is 3.68. The Morgan fingerprint density at radius 3 is 2.62 bits per heavy atom.